The third kappa shape index (κ3) is 3.89. The molecule has 18 heavy (non-hydrogen) atoms. The predicted octanol–water partition coefficient (Wildman–Crippen LogP) is 3.93. The smallest absolute Gasteiger partial charge is 0.0410 e. The van der Waals surface area contributed by atoms with Crippen LogP contribution in [0.2, 0.25) is 5.02 Å². The molecule has 0 bridgehead atoms. The topological polar surface area (TPSA) is 29.3 Å². The number of nitrogen functional groups attached to an aromatic ring is 1. The summed E-state index contributed by atoms with van der Waals surface area (Å²) in [5.41, 5.74) is 8.05. The Hall–Kier alpha value is -0.730. The van der Waals surface area contributed by atoms with Crippen molar-refractivity contribution in [3.63, 3.8) is 0 Å². The van der Waals surface area contributed by atoms with Gasteiger partial charge in [0.2, 0.25) is 0 Å². The molecule has 1 aromatic rings. The number of nitrogens with two attached hydrogens (primary N) is 1. The Bertz CT molecular complexity index is 399. The maximum Gasteiger partial charge on any atom is 0.0410 e. The first kappa shape index (κ1) is 13.7. The number of rotatable bonds is 6. The molecule has 2 nitrogen and oxygen atoms in total. The summed E-state index contributed by atoms with van der Waals surface area (Å²) in [4.78, 5) is 2.56. The Balaban J connectivity index is 2.01. The highest BCUT2D eigenvalue weighted by molar-refractivity contribution is 6.30. The van der Waals surface area contributed by atoms with Gasteiger partial charge in [-0.2, -0.15) is 0 Å². The van der Waals surface area contributed by atoms with Crippen LogP contribution in [0.25, 0.3) is 0 Å². The highest BCUT2D eigenvalue weighted by Gasteiger charge is 2.29. The molecule has 0 saturated heterocycles. The summed E-state index contributed by atoms with van der Waals surface area (Å²) in [6.07, 6.45) is 3.91. The largest absolute Gasteiger partial charge is 0.398 e. The molecule has 0 unspecified atom stereocenters. The number of halogens is 1. The van der Waals surface area contributed by atoms with Gasteiger partial charge in [0, 0.05) is 23.3 Å². The first-order chi connectivity index (χ1) is 8.56. The van der Waals surface area contributed by atoms with Crippen LogP contribution in [0, 0.1) is 5.92 Å². The quantitative estimate of drug-likeness (QED) is 0.791. The van der Waals surface area contributed by atoms with E-state index in [2.05, 4.69) is 18.7 Å². The SMILES string of the molecule is CC(C)CCN(Cc1cc(Cl)ccc1N)C1CC1. The van der Waals surface area contributed by atoms with Crippen molar-refractivity contribution in [2.45, 2.75) is 45.7 Å². The van der Waals surface area contributed by atoms with Crippen molar-refractivity contribution < 1.29 is 0 Å². The maximum absolute atomic E-state index is 6.05. The van der Waals surface area contributed by atoms with Crippen molar-refractivity contribution in [3.05, 3.63) is 28.8 Å². The van der Waals surface area contributed by atoms with Crippen molar-refractivity contribution >= 4 is 17.3 Å². The van der Waals surface area contributed by atoms with E-state index in [1.807, 2.05) is 18.2 Å². The van der Waals surface area contributed by atoms with Gasteiger partial charge in [0.15, 0.2) is 0 Å². The van der Waals surface area contributed by atoms with Crippen LogP contribution in [0.3, 0.4) is 0 Å². The van der Waals surface area contributed by atoms with Crippen molar-refractivity contribution in [3.8, 4) is 0 Å². The van der Waals surface area contributed by atoms with Gasteiger partial charge in [-0.25, -0.2) is 0 Å². The number of anilines is 1. The number of hydrogen-bond acceptors (Lipinski definition) is 2. The number of nitrogens with zero attached hydrogens (tertiary/aromatic N) is 1. The lowest BCUT2D eigenvalue weighted by molar-refractivity contribution is 0.240. The van der Waals surface area contributed by atoms with Crippen LogP contribution >= 0.6 is 11.6 Å². The lowest BCUT2D eigenvalue weighted by Crippen LogP contribution is -2.28. The summed E-state index contributed by atoms with van der Waals surface area (Å²) < 4.78 is 0. The molecule has 0 radical (unpaired) electrons. The minimum atomic E-state index is 0.753. The average Bonchev–Trinajstić information content (AvgIpc) is 3.12. The van der Waals surface area contributed by atoms with E-state index < -0.39 is 0 Å². The minimum absolute atomic E-state index is 0.753. The molecule has 0 spiro atoms. The molecule has 1 aliphatic rings. The first-order valence-corrected chi connectivity index (χ1v) is 7.22. The molecule has 0 aromatic heterocycles. The Morgan fingerprint density at radius 3 is 2.72 bits per heavy atom. The minimum Gasteiger partial charge on any atom is -0.398 e. The molecule has 0 atom stereocenters. The molecule has 0 aliphatic heterocycles. The van der Waals surface area contributed by atoms with Gasteiger partial charge in [-0.1, -0.05) is 25.4 Å². The molecule has 1 saturated carbocycles. The van der Waals surface area contributed by atoms with Crippen LogP contribution in [-0.4, -0.2) is 17.5 Å². The monoisotopic (exact) mass is 266 g/mol. The van der Waals surface area contributed by atoms with Gasteiger partial charge in [-0.15, -0.1) is 0 Å². The van der Waals surface area contributed by atoms with Crippen LogP contribution in [-0.2, 0) is 6.54 Å². The summed E-state index contributed by atoms with van der Waals surface area (Å²) >= 11 is 6.05. The molecule has 1 fully saturated rings. The van der Waals surface area contributed by atoms with Gasteiger partial charge in [0.1, 0.15) is 0 Å². The van der Waals surface area contributed by atoms with Crippen molar-refractivity contribution in [1.82, 2.24) is 4.90 Å². The van der Waals surface area contributed by atoms with Crippen LogP contribution in [0.1, 0.15) is 38.7 Å². The van der Waals surface area contributed by atoms with E-state index >= 15 is 0 Å². The van der Waals surface area contributed by atoms with Gasteiger partial charge in [-0.3, -0.25) is 4.90 Å². The van der Waals surface area contributed by atoms with E-state index in [1.54, 1.807) is 0 Å². The highest BCUT2D eigenvalue weighted by Crippen LogP contribution is 2.30. The zero-order valence-electron chi connectivity index (χ0n) is 11.3. The zero-order chi connectivity index (χ0) is 13.1. The van der Waals surface area contributed by atoms with Gasteiger partial charge in [0.25, 0.3) is 0 Å². The highest BCUT2D eigenvalue weighted by atomic mass is 35.5. The Kier molecular flexibility index (Phi) is 4.52. The zero-order valence-corrected chi connectivity index (χ0v) is 12.1. The Morgan fingerprint density at radius 1 is 1.39 bits per heavy atom. The van der Waals surface area contributed by atoms with E-state index in [4.69, 9.17) is 17.3 Å². The maximum atomic E-state index is 6.05. The van der Waals surface area contributed by atoms with Crippen molar-refractivity contribution in [1.29, 1.82) is 0 Å². The van der Waals surface area contributed by atoms with Gasteiger partial charge >= 0.3 is 0 Å². The molecular weight excluding hydrogens is 244 g/mol. The standard InChI is InChI=1S/C15H23ClN2/c1-11(2)7-8-18(14-4-5-14)10-12-9-13(16)3-6-15(12)17/h3,6,9,11,14H,4-5,7-8,10,17H2,1-2H3. The fourth-order valence-corrected chi connectivity index (χ4v) is 2.38. The molecular formula is C15H23ClN2. The third-order valence-corrected chi connectivity index (χ3v) is 3.77. The Labute approximate surface area is 115 Å². The molecule has 2 N–H and O–H groups in total. The average molecular weight is 267 g/mol. The molecule has 3 heteroatoms. The van der Waals surface area contributed by atoms with Crippen LogP contribution in [0.15, 0.2) is 18.2 Å². The van der Waals surface area contributed by atoms with E-state index in [0.29, 0.717) is 0 Å². The van der Waals surface area contributed by atoms with Crippen LogP contribution in [0.4, 0.5) is 5.69 Å². The van der Waals surface area contributed by atoms with Crippen LogP contribution < -0.4 is 5.73 Å². The molecule has 2 rings (SSSR count). The van der Waals surface area contributed by atoms with Gasteiger partial charge in [0.05, 0.1) is 0 Å². The molecule has 0 amide bonds. The van der Waals surface area contributed by atoms with Gasteiger partial charge in [-0.05, 0) is 55.5 Å². The molecule has 1 aromatic carbocycles. The summed E-state index contributed by atoms with van der Waals surface area (Å²) in [7, 11) is 0. The molecule has 100 valence electrons. The van der Waals surface area contributed by atoms with Crippen molar-refractivity contribution in [2.24, 2.45) is 5.92 Å². The Morgan fingerprint density at radius 2 is 2.11 bits per heavy atom. The van der Waals surface area contributed by atoms with Crippen LogP contribution in [0.5, 0.6) is 0 Å². The lowest BCUT2D eigenvalue weighted by atomic mass is 10.1. The lowest BCUT2D eigenvalue weighted by Gasteiger charge is -2.23. The predicted molar refractivity (Wildman–Crippen MR) is 78.8 cm³/mol. The second kappa shape index (κ2) is 5.94. The fraction of sp³-hybridized carbons (Fsp3) is 0.600. The summed E-state index contributed by atoms with van der Waals surface area (Å²) in [6.45, 7) is 6.65. The first-order valence-electron chi connectivity index (χ1n) is 6.84. The van der Waals surface area contributed by atoms with E-state index in [1.165, 1.54) is 19.3 Å². The van der Waals surface area contributed by atoms with E-state index in [-0.39, 0.29) is 0 Å². The third-order valence-electron chi connectivity index (χ3n) is 3.54. The second-order valence-corrected chi connectivity index (χ2v) is 6.16. The van der Waals surface area contributed by atoms with Crippen molar-refractivity contribution in [2.75, 3.05) is 12.3 Å². The summed E-state index contributed by atoms with van der Waals surface area (Å²) in [5, 5.41) is 0.777. The summed E-state index contributed by atoms with van der Waals surface area (Å²) in [5.74, 6) is 0.753. The van der Waals surface area contributed by atoms with E-state index in [9.17, 15) is 0 Å². The second-order valence-electron chi connectivity index (χ2n) is 5.73. The summed E-state index contributed by atoms with van der Waals surface area (Å²) in [6, 6.07) is 6.53. The number of benzene rings is 1. The molecule has 0 heterocycles. The number of hydrogen-bond donors (Lipinski definition) is 1. The van der Waals surface area contributed by atoms with E-state index in [0.717, 1.165) is 41.3 Å². The van der Waals surface area contributed by atoms with Gasteiger partial charge < -0.3 is 5.73 Å². The fourth-order valence-electron chi connectivity index (χ4n) is 2.18. The molecule has 1 aliphatic carbocycles. The normalized spacial score (nSPS) is 15.6.